The van der Waals surface area contributed by atoms with Crippen molar-refractivity contribution in [2.45, 2.75) is 18.3 Å². The van der Waals surface area contributed by atoms with E-state index in [2.05, 4.69) is 0 Å². The zero-order chi connectivity index (χ0) is 20.7. The third-order valence-corrected chi connectivity index (χ3v) is 4.45. The molecule has 28 heavy (non-hydrogen) atoms. The highest BCUT2D eigenvalue weighted by atomic mass is 35.5. The monoisotopic (exact) mass is 416 g/mol. The number of anilines is 1. The Bertz CT molecular complexity index is 1060. The average Bonchev–Trinajstić information content (AvgIpc) is 2.93. The summed E-state index contributed by atoms with van der Waals surface area (Å²) < 4.78 is 42.5. The zero-order valence-electron chi connectivity index (χ0n) is 13.9. The van der Waals surface area contributed by atoms with Gasteiger partial charge in [-0.2, -0.15) is 13.2 Å². The highest BCUT2D eigenvalue weighted by Crippen LogP contribution is 2.44. The van der Waals surface area contributed by atoms with Crippen LogP contribution in [0.25, 0.3) is 0 Å². The van der Waals surface area contributed by atoms with Crippen molar-refractivity contribution in [1.29, 1.82) is 0 Å². The maximum atomic E-state index is 13.9. The number of amides is 2. The van der Waals surface area contributed by atoms with Gasteiger partial charge in [-0.3, -0.25) is 23.9 Å². The number of H-pyrrole nitrogens is 1. The highest BCUT2D eigenvalue weighted by molar-refractivity contribution is 6.27. The SMILES string of the molecule is O=C(CCl)N[C@]1(C(F)(F)F)C(=O)Nc2c1c(=O)[nH]c(=O)n2Cc1ccccc1. The fourth-order valence-electron chi connectivity index (χ4n) is 2.98. The van der Waals surface area contributed by atoms with Crippen LogP contribution in [0.2, 0.25) is 0 Å². The zero-order valence-corrected chi connectivity index (χ0v) is 14.6. The molecule has 148 valence electrons. The predicted octanol–water partition coefficient (Wildman–Crippen LogP) is 0.650. The molecule has 1 aromatic carbocycles. The van der Waals surface area contributed by atoms with Gasteiger partial charge in [-0.05, 0) is 5.56 Å². The number of fused-ring (bicyclic) bond motifs is 1. The van der Waals surface area contributed by atoms with Crippen LogP contribution in [0, 0.1) is 0 Å². The van der Waals surface area contributed by atoms with E-state index in [4.69, 9.17) is 11.6 Å². The van der Waals surface area contributed by atoms with E-state index in [-0.39, 0.29) is 6.54 Å². The first-order valence-electron chi connectivity index (χ1n) is 7.78. The Morgan fingerprint density at radius 1 is 1.18 bits per heavy atom. The molecule has 0 fully saturated rings. The van der Waals surface area contributed by atoms with E-state index in [1.54, 1.807) is 35.3 Å². The lowest BCUT2D eigenvalue weighted by Gasteiger charge is -2.29. The van der Waals surface area contributed by atoms with Crippen molar-refractivity contribution in [1.82, 2.24) is 14.9 Å². The first-order chi connectivity index (χ1) is 13.1. The number of aromatic amines is 1. The van der Waals surface area contributed by atoms with E-state index in [9.17, 15) is 32.3 Å². The molecule has 2 amide bonds. The van der Waals surface area contributed by atoms with Gasteiger partial charge in [0.25, 0.3) is 11.5 Å². The number of aromatic nitrogens is 2. The summed E-state index contributed by atoms with van der Waals surface area (Å²) in [5, 5.41) is 3.42. The van der Waals surface area contributed by atoms with Crippen molar-refractivity contribution in [3.05, 3.63) is 62.3 Å². The Morgan fingerprint density at radius 2 is 1.82 bits per heavy atom. The second-order valence-corrected chi connectivity index (χ2v) is 6.21. The number of halogens is 4. The van der Waals surface area contributed by atoms with Crippen LogP contribution in [0.3, 0.4) is 0 Å². The van der Waals surface area contributed by atoms with Gasteiger partial charge in [0.1, 0.15) is 17.3 Å². The minimum absolute atomic E-state index is 0.226. The minimum atomic E-state index is -5.38. The Balaban J connectivity index is 2.28. The molecule has 2 heterocycles. The summed E-state index contributed by atoms with van der Waals surface area (Å²) >= 11 is 5.27. The lowest BCUT2D eigenvalue weighted by molar-refractivity contribution is -0.200. The van der Waals surface area contributed by atoms with E-state index < -0.39 is 52.0 Å². The van der Waals surface area contributed by atoms with Gasteiger partial charge >= 0.3 is 11.9 Å². The average molecular weight is 417 g/mol. The van der Waals surface area contributed by atoms with Crippen LogP contribution >= 0.6 is 11.6 Å². The van der Waals surface area contributed by atoms with Crippen molar-refractivity contribution in [2.24, 2.45) is 0 Å². The molecular formula is C16H12ClF3N4O4. The molecule has 1 aromatic heterocycles. The molecule has 2 aromatic rings. The minimum Gasteiger partial charge on any atom is -0.329 e. The number of rotatable bonds is 4. The van der Waals surface area contributed by atoms with Gasteiger partial charge in [0, 0.05) is 0 Å². The standard InChI is InChI=1S/C16H12ClF3N4O4/c17-6-9(25)23-15(16(18,19)20)10-11(21-13(15)27)24(14(28)22-12(10)26)7-8-4-2-1-3-5-8/h1-5H,6-7H2,(H,21,27)(H,23,25)(H,22,26,28)/t15-/m0/s1. The van der Waals surface area contributed by atoms with Gasteiger partial charge in [-0.25, -0.2) is 4.79 Å². The largest absolute Gasteiger partial charge is 0.425 e. The van der Waals surface area contributed by atoms with Gasteiger partial charge in [-0.15, -0.1) is 11.6 Å². The Kier molecular flexibility index (Phi) is 4.79. The van der Waals surface area contributed by atoms with Crippen molar-refractivity contribution < 1.29 is 22.8 Å². The molecule has 0 bridgehead atoms. The summed E-state index contributed by atoms with van der Waals surface area (Å²) in [6.07, 6.45) is -5.38. The molecule has 0 aliphatic carbocycles. The van der Waals surface area contributed by atoms with Crippen LogP contribution in [0.15, 0.2) is 39.9 Å². The van der Waals surface area contributed by atoms with E-state index in [0.717, 1.165) is 4.57 Å². The van der Waals surface area contributed by atoms with Gasteiger partial charge in [0.15, 0.2) is 0 Å². The second kappa shape index (κ2) is 6.82. The Labute approximate surface area is 159 Å². The van der Waals surface area contributed by atoms with E-state index >= 15 is 0 Å². The molecule has 0 spiro atoms. The third kappa shape index (κ3) is 2.97. The molecular weight excluding hydrogens is 405 g/mol. The molecule has 1 aliphatic heterocycles. The summed E-state index contributed by atoms with van der Waals surface area (Å²) in [7, 11) is 0. The van der Waals surface area contributed by atoms with Gasteiger partial charge < -0.3 is 10.6 Å². The van der Waals surface area contributed by atoms with Crippen LogP contribution in [0.1, 0.15) is 11.1 Å². The summed E-state index contributed by atoms with van der Waals surface area (Å²) in [6.45, 7) is -0.226. The molecule has 3 N–H and O–H groups in total. The number of carbonyl (C=O) groups excluding carboxylic acids is 2. The van der Waals surface area contributed by atoms with E-state index in [0.29, 0.717) is 5.56 Å². The Morgan fingerprint density at radius 3 is 2.39 bits per heavy atom. The first kappa shape index (κ1) is 19.7. The third-order valence-electron chi connectivity index (χ3n) is 4.20. The highest BCUT2D eigenvalue weighted by Gasteiger charge is 2.68. The van der Waals surface area contributed by atoms with Gasteiger partial charge in [-0.1, -0.05) is 30.3 Å². The molecule has 0 radical (unpaired) electrons. The summed E-state index contributed by atoms with van der Waals surface area (Å²) in [5.41, 5.74) is -6.74. The van der Waals surface area contributed by atoms with Gasteiger partial charge in [0.2, 0.25) is 11.4 Å². The lowest BCUT2D eigenvalue weighted by atomic mass is 9.92. The topological polar surface area (TPSA) is 113 Å². The smallest absolute Gasteiger partial charge is 0.329 e. The molecule has 1 aliphatic rings. The van der Waals surface area contributed by atoms with Crippen LogP contribution in [-0.2, 0) is 21.7 Å². The number of carbonyl (C=O) groups is 2. The molecule has 3 rings (SSSR count). The molecule has 0 saturated carbocycles. The fraction of sp³-hybridized carbons (Fsp3) is 0.250. The van der Waals surface area contributed by atoms with Crippen molar-refractivity contribution in [3.63, 3.8) is 0 Å². The normalized spacial score (nSPS) is 18.5. The number of alkyl halides is 4. The number of nitrogens with one attached hydrogen (secondary N) is 3. The summed E-state index contributed by atoms with van der Waals surface area (Å²) in [5.74, 6) is -4.55. The number of hydrogen-bond acceptors (Lipinski definition) is 4. The van der Waals surface area contributed by atoms with Crippen molar-refractivity contribution in [2.75, 3.05) is 11.2 Å². The maximum Gasteiger partial charge on any atom is 0.425 e. The summed E-state index contributed by atoms with van der Waals surface area (Å²) in [6, 6.07) is 8.19. The predicted molar refractivity (Wildman–Crippen MR) is 92.1 cm³/mol. The quantitative estimate of drug-likeness (QED) is 0.635. The summed E-state index contributed by atoms with van der Waals surface area (Å²) in [4.78, 5) is 50.2. The maximum absolute atomic E-state index is 13.9. The van der Waals surface area contributed by atoms with Crippen molar-refractivity contribution in [3.8, 4) is 0 Å². The van der Waals surface area contributed by atoms with Crippen molar-refractivity contribution >= 4 is 29.2 Å². The first-order valence-corrected chi connectivity index (χ1v) is 8.32. The number of nitrogens with zero attached hydrogens (tertiary/aromatic N) is 1. The Hall–Kier alpha value is -3.08. The molecule has 8 nitrogen and oxygen atoms in total. The van der Waals surface area contributed by atoms with E-state index in [1.165, 1.54) is 5.32 Å². The van der Waals surface area contributed by atoms with Crippen LogP contribution < -0.4 is 21.9 Å². The van der Waals surface area contributed by atoms with Crippen LogP contribution in [0.4, 0.5) is 19.0 Å². The fourth-order valence-corrected chi connectivity index (χ4v) is 3.05. The number of hydrogen-bond donors (Lipinski definition) is 3. The van der Waals surface area contributed by atoms with Crippen LogP contribution in [-0.4, -0.2) is 33.4 Å². The molecule has 0 unspecified atom stereocenters. The molecule has 0 saturated heterocycles. The number of benzene rings is 1. The van der Waals surface area contributed by atoms with E-state index in [1.807, 2.05) is 5.32 Å². The lowest BCUT2D eigenvalue weighted by Crippen LogP contribution is -2.62. The molecule has 12 heteroatoms. The van der Waals surface area contributed by atoms with Gasteiger partial charge in [0.05, 0.1) is 6.54 Å². The molecule has 1 atom stereocenters. The second-order valence-electron chi connectivity index (χ2n) is 5.94. The van der Waals surface area contributed by atoms with Crippen LogP contribution in [0.5, 0.6) is 0 Å².